The zero-order valence-corrected chi connectivity index (χ0v) is 32.0. The van der Waals surface area contributed by atoms with Crippen molar-refractivity contribution in [2.24, 2.45) is 0 Å². The average Bonchev–Trinajstić information content (AvgIpc) is 3.11. The molecule has 0 aliphatic rings. The van der Waals surface area contributed by atoms with Gasteiger partial charge in [0.25, 0.3) is 0 Å². The molecule has 0 saturated heterocycles. The van der Waals surface area contributed by atoms with Gasteiger partial charge in [-0.05, 0) is 0 Å². The molecule has 0 bridgehead atoms. The summed E-state index contributed by atoms with van der Waals surface area (Å²) in [6.07, 6.45) is -0.913. The normalized spacial score (nSPS) is 12.3. The Labute approximate surface area is 289 Å². The van der Waals surface area contributed by atoms with Gasteiger partial charge in [0, 0.05) is 0 Å². The molecule has 0 heterocycles. The van der Waals surface area contributed by atoms with Crippen LogP contribution in [0.1, 0.15) is 0 Å². The Balaban J connectivity index is 1.59. The third-order valence-corrected chi connectivity index (χ3v) is 41.7. The number of hydrogen-bond donors (Lipinski definition) is 0. The SMILES string of the molecule is O=P(c1ccccc1)(c1ccccc1)C(P(Sc1ccccc1)Sc1ccccc1)P([Se]c1ccccc1)[Se]c1ccccc1. The molecule has 1 atom stereocenters. The van der Waals surface area contributed by atoms with Gasteiger partial charge in [0.05, 0.1) is 0 Å². The summed E-state index contributed by atoms with van der Waals surface area (Å²) in [7, 11) is -3.15. The minimum atomic E-state index is -3.15. The van der Waals surface area contributed by atoms with Crippen molar-refractivity contribution in [2.75, 3.05) is 0 Å². The topological polar surface area (TPSA) is 17.1 Å². The summed E-state index contributed by atoms with van der Waals surface area (Å²) in [6.45, 7) is 0. The molecule has 0 aromatic heterocycles. The summed E-state index contributed by atoms with van der Waals surface area (Å²) in [5, 5.41) is 1.23. The molecule has 6 rings (SSSR count). The van der Waals surface area contributed by atoms with E-state index in [4.69, 9.17) is 0 Å². The van der Waals surface area contributed by atoms with Crippen LogP contribution in [0.3, 0.4) is 0 Å². The van der Waals surface area contributed by atoms with Crippen molar-refractivity contribution in [2.45, 2.75) is 14.9 Å². The van der Waals surface area contributed by atoms with Crippen molar-refractivity contribution in [1.82, 2.24) is 0 Å². The molecule has 6 aromatic carbocycles. The number of hydrogen-bond acceptors (Lipinski definition) is 3. The second-order valence-electron chi connectivity index (χ2n) is 9.86. The Morgan fingerprint density at radius 3 is 1.11 bits per heavy atom. The molecule has 0 amide bonds. The van der Waals surface area contributed by atoms with Gasteiger partial charge >= 0.3 is 292 Å². The predicted octanol–water partition coefficient (Wildman–Crippen LogP) is 9.55. The van der Waals surface area contributed by atoms with E-state index in [1.165, 1.54) is 18.7 Å². The van der Waals surface area contributed by atoms with Crippen LogP contribution in [0.4, 0.5) is 0 Å². The summed E-state index contributed by atoms with van der Waals surface area (Å²) in [4.78, 5) is 2.47. The first-order valence-corrected chi connectivity index (χ1v) is 28.0. The van der Waals surface area contributed by atoms with E-state index in [1.807, 2.05) is 34.9 Å². The molecule has 0 aliphatic heterocycles. The molecule has 0 radical (unpaired) electrons. The van der Waals surface area contributed by atoms with Crippen LogP contribution in [-0.2, 0) is 4.57 Å². The summed E-state index contributed by atoms with van der Waals surface area (Å²) in [5.74, 6) is 0. The molecule has 224 valence electrons. The first kappa shape index (κ1) is 33.1. The zero-order valence-electron chi connectivity index (χ0n) is 24.3. The predicted molar refractivity (Wildman–Crippen MR) is 206 cm³/mol. The van der Waals surface area contributed by atoms with E-state index in [9.17, 15) is 0 Å². The maximum absolute atomic E-state index is 16.6. The van der Waals surface area contributed by atoms with Crippen molar-refractivity contribution in [3.05, 3.63) is 182 Å². The number of rotatable bonds is 13. The van der Waals surface area contributed by atoms with Gasteiger partial charge in [-0.1, -0.05) is 0 Å². The van der Waals surface area contributed by atoms with Crippen molar-refractivity contribution < 1.29 is 4.57 Å². The maximum atomic E-state index is 16.6. The molecule has 1 nitrogen and oxygen atoms in total. The Bertz CT molecular complexity index is 1570. The Morgan fingerprint density at radius 2 is 0.756 bits per heavy atom. The Hall–Kier alpha value is -1.85. The van der Waals surface area contributed by atoms with Crippen LogP contribution in [-0.4, -0.2) is 34.2 Å². The molecule has 1 unspecified atom stereocenters. The Morgan fingerprint density at radius 1 is 0.444 bits per heavy atom. The van der Waals surface area contributed by atoms with Gasteiger partial charge in [0.1, 0.15) is 0 Å². The first-order valence-electron chi connectivity index (χ1n) is 14.4. The van der Waals surface area contributed by atoms with Crippen LogP contribution in [0.2, 0.25) is 0 Å². The fourth-order valence-corrected chi connectivity index (χ4v) is 52.9. The molecular weight excluding hydrogens is 775 g/mol. The first-order chi connectivity index (χ1) is 22.2. The average molecular weight is 807 g/mol. The van der Waals surface area contributed by atoms with E-state index in [2.05, 4.69) is 170 Å². The molecule has 0 spiro atoms. The molecule has 0 fully saturated rings. The fraction of sp³-hybridized carbons (Fsp3) is 0.0270. The van der Waals surface area contributed by atoms with E-state index < -0.39 is 18.8 Å². The van der Waals surface area contributed by atoms with E-state index in [-0.39, 0.29) is 34.2 Å². The second-order valence-corrected chi connectivity index (χ2v) is 34.7. The van der Waals surface area contributed by atoms with Gasteiger partial charge in [-0.15, -0.1) is 0 Å². The van der Waals surface area contributed by atoms with Crippen LogP contribution >= 0.6 is 41.5 Å². The van der Waals surface area contributed by atoms with E-state index in [1.54, 1.807) is 0 Å². The van der Waals surface area contributed by atoms with Gasteiger partial charge in [0.2, 0.25) is 0 Å². The fourth-order valence-electron chi connectivity index (χ4n) is 4.62. The van der Waals surface area contributed by atoms with Crippen LogP contribution in [0.15, 0.2) is 192 Å². The van der Waals surface area contributed by atoms with Gasteiger partial charge in [0.15, 0.2) is 0 Å². The third-order valence-electron chi connectivity index (χ3n) is 6.74. The van der Waals surface area contributed by atoms with Crippen molar-refractivity contribution in [3.8, 4) is 0 Å². The van der Waals surface area contributed by atoms with Gasteiger partial charge in [-0.25, -0.2) is 0 Å². The van der Waals surface area contributed by atoms with Crippen molar-refractivity contribution in [3.63, 3.8) is 0 Å². The second kappa shape index (κ2) is 16.8. The molecule has 0 aliphatic carbocycles. The summed E-state index contributed by atoms with van der Waals surface area (Å²) in [5.41, 5.74) is 0. The quantitative estimate of drug-likeness (QED) is 0.0856. The molecule has 0 saturated carbocycles. The minimum absolute atomic E-state index is 0.0110. The van der Waals surface area contributed by atoms with E-state index >= 15 is 4.57 Å². The molecule has 8 heteroatoms. The molecule has 45 heavy (non-hydrogen) atoms. The summed E-state index contributed by atoms with van der Waals surface area (Å²) in [6, 6.07) is 64.2. The van der Waals surface area contributed by atoms with Crippen LogP contribution in [0, 0.1) is 0 Å². The number of benzene rings is 6. The third kappa shape index (κ3) is 8.74. The monoisotopic (exact) mass is 808 g/mol. The summed E-state index contributed by atoms with van der Waals surface area (Å²) >= 11 is 4.21. The van der Waals surface area contributed by atoms with E-state index in [0.29, 0.717) is 0 Å². The molecule has 0 N–H and O–H groups in total. The van der Waals surface area contributed by atoms with Crippen LogP contribution < -0.4 is 19.5 Å². The summed E-state index contributed by atoms with van der Waals surface area (Å²) < 4.78 is 19.4. The Kier molecular flexibility index (Phi) is 12.4. The van der Waals surface area contributed by atoms with Gasteiger partial charge in [-0.2, -0.15) is 0 Å². The van der Waals surface area contributed by atoms with E-state index in [0.717, 1.165) is 10.6 Å². The van der Waals surface area contributed by atoms with Gasteiger partial charge in [-0.3, -0.25) is 0 Å². The standard InChI is InChI=1S/C37H31OP3S2Se2/c38-41(31-19-7-1-8-20-31,32-21-9-2-10-22-32)37(39(42-33-23-11-3-12-24-33)43-34-25-13-4-14-26-34)40(44-35-27-15-5-16-28-35)45-36-29-17-6-18-30-36/h1-30,37H. The van der Waals surface area contributed by atoms with Crippen LogP contribution in [0.25, 0.3) is 0 Å². The molecule has 6 aromatic rings. The zero-order chi connectivity index (χ0) is 30.7. The van der Waals surface area contributed by atoms with Crippen molar-refractivity contribution >= 4 is 90.1 Å². The van der Waals surface area contributed by atoms with Crippen molar-refractivity contribution in [1.29, 1.82) is 0 Å². The van der Waals surface area contributed by atoms with Crippen LogP contribution in [0.5, 0.6) is 0 Å². The van der Waals surface area contributed by atoms with Gasteiger partial charge < -0.3 is 0 Å². The molecular formula is C37H31OP3S2Se2.